The third-order valence-electron chi connectivity index (χ3n) is 4.35. The maximum atomic E-state index is 4.23. The number of hydrogen-bond donors (Lipinski definition) is 1. The molecule has 1 aromatic carbocycles. The molecule has 1 aromatic heterocycles. The fourth-order valence-corrected chi connectivity index (χ4v) is 4.37. The van der Waals surface area contributed by atoms with Gasteiger partial charge in [-0.1, -0.05) is 18.2 Å². The van der Waals surface area contributed by atoms with Gasteiger partial charge in [0.15, 0.2) is 0 Å². The number of rotatable bonds is 4. The van der Waals surface area contributed by atoms with Crippen LogP contribution in [0.4, 0.5) is 0 Å². The van der Waals surface area contributed by atoms with Gasteiger partial charge in [0.05, 0.1) is 0 Å². The highest BCUT2D eigenvalue weighted by molar-refractivity contribution is 7.99. The number of nitrogens with one attached hydrogen (secondary N) is 1. The maximum absolute atomic E-state index is 4.23. The van der Waals surface area contributed by atoms with E-state index in [-0.39, 0.29) is 0 Å². The zero-order valence-corrected chi connectivity index (χ0v) is 12.8. The van der Waals surface area contributed by atoms with Gasteiger partial charge in [0, 0.05) is 23.8 Å². The monoisotopic (exact) mass is 286 g/mol. The molecule has 0 radical (unpaired) electrons. The number of benzene rings is 1. The smallest absolute Gasteiger partial charge is 0.0346 e. The molecular weight excluding hydrogens is 264 g/mol. The second-order valence-electron chi connectivity index (χ2n) is 5.58. The maximum Gasteiger partial charge on any atom is 0.0346 e. The lowest BCUT2D eigenvalue weighted by atomic mass is 9.89. The fraction of sp³-hybridized carbons (Fsp3) is 0.471. The summed E-state index contributed by atoms with van der Waals surface area (Å²) in [6.07, 6.45) is 7.85. The molecule has 3 heteroatoms. The molecule has 2 aromatic rings. The third kappa shape index (κ3) is 2.99. The van der Waals surface area contributed by atoms with Crippen molar-refractivity contribution in [3.63, 3.8) is 0 Å². The first-order valence-corrected chi connectivity index (χ1v) is 8.61. The van der Waals surface area contributed by atoms with E-state index < -0.39 is 0 Å². The van der Waals surface area contributed by atoms with Gasteiger partial charge in [-0.25, -0.2) is 0 Å². The number of fused-ring (bicyclic) bond motifs is 1. The SMILES string of the molecule is CNC(CC1CCSCC1)c1cccc2cnccc12. The second kappa shape index (κ2) is 6.59. The summed E-state index contributed by atoms with van der Waals surface area (Å²) in [6.45, 7) is 0. The number of thioether (sulfide) groups is 1. The average Bonchev–Trinajstić information content (AvgIpc) is 2.53. The molecule has 2 heterocycles. The van der Waals surface area contributed by atoms with Crippen LogP contribution in [0.2, 0.25) is 0 Å². The van der Waals surface area contributed by atoms with Gasteiger partial charge in [-0.3, -0.25) is 4.98 Å². The summed E-state index contributed by atoms with van der Waals surface area (Å²) >= 11 is 2.10. The molecule has 0 aliphatic carbocycles. The molecule has 1 aliphatic heterocycles. The molecule has 1 unspecified atom stereocenters. The van der Waals surface area contributed by atoms with Crippen LogP contribution in [0, 0.1) is 5.92 Å². The Bertz CT molecular complexity index is 558. The Morgan fingerprint density at radius 2 is 2.15 bits per heavy atom. The lowest BCUT2D eigenvalue weighted by Gasteiger charge is -2.27. The number of pyridine rings is 1. The largest absolute Gasteiger partial charge is 0.313 e. The van der Waals surface area contributed by atoms with E-state index >= 15 is 0 Å². The summed E-state index contributed by atoms with van der Waals surface area (Å²) in [5.41, 5.74) is 1.42. The average molecular weight is 286 g/mol. The molecule has 1 fully saturated rings. The molecule has 0 bridgehead atoms. The standard InChI is InChI=1S/C17H22N2S/c1-18-17(11-13-6-9-20-10-7-13)16-4-2-3-14-12-19-8-5-15(14)16/h2-5,8,12-13,17-18H,6-7,9-11H2,1H3. The van der Waals surface area contributed by atoms with Crippen LogP contribution in [0.25, 0.3) is 10.8 Å². The summed E-state index contributed by atoms with van der Waals surface area (Å²) in [5.74, 6) is 3.53. The van der Waals surface area contributed by atoms with Gasteiger partial charge in [-0.2, -0.15) is 11.8 Å². The molecule has 1 atom stereocenters. The van der Waals surface area contributed by atoms with Gasteiger partial charge in [0.25, 0.3) is 0 Å². The van der Waals surface area contributed by atoms with Gasteiger partial charge in [-0.05, 0) is 60.7 Å². The van der Waals surface area contributed by atoms with Crippen molar-refractivity contribution in [2.45, 2.75) is 25.3 Å². The van der Waals surface area contributed by atoms with E-state index in [4.69, 9.17) is 0 Å². The molecule has 1 N–H and O–H groups in total. The molecular formula is C17H22N2S. The summed E-state index contributed by atoms with van der Waals surface area (Å²) in [7, 11) is 2.09. The van der Waals surface area contributed by atoms with Crippen molar-refractivity contribution in [3.05, 3.63) is 42.2 Å². The van der Waals surface area contributed by atoms with Gasteiger partial charge in [0.1, 0.15) is 0 Å². The number of nitrogens with zero attached hydrogens (tertiary/aromatic N) is 1. The van der Waals surface area contributed by atoms with Gasteiger partial charge in [-0.15, -0.1) is 0 Å². The summed E-state index contributed by atoms with van der Waals surface area (Å²) in [4.78, 5) is 4.23. The zero-order chi connectivity index (χ0) is 13.8. The Morgan fingerprint density at radius 3 is 2.95 bits per heavy atom. The normalized spacial score (nSPS) is 18.2. The van der Waals surface area contributed by atoms with Gasteiger partial charge < -0.3 is 5.32 Å². The van der Waals surface area contributed by atoms with E-state index in [1.54, 1.807) is 0 Å². The highest BCUT2D eigenvalue weighted by atomic mass is 32.2. The van der Waals surface area contributed by atoms with Crippen LogP contribution in [-0.2, 0) is 0 Å². The van der Waals surface area contributed by atoms with E-state index in [9.17, 15) is 0 Å². The minimum Gasteiger partial charge on any atom is -0.313 e. The van der Waals surface area contributed by atoms with Crippen molar-refractivity contribution < 1.29 is 0 Å². The van der Waals surface area contributed by atoms with Crippen LogP contribution >= 0.6 is 11.8 Å². The first-order valence-electron chi connectivity index (χ1n) is 7.46. The summed E-state index contributed by atoms with van der Waals surface area (Å²) in [6, 6.07) is 9.16. The predicted octanol–water partition coefficient (Wildman–Crippen LogP) is 4.03. The Balaban J connectivity index is 1.86. The highest BCUT2D eigenvalue weighted by Crippen LogP contribution is 2.33. The molecule has 3 rings (SSSR count). The van der Waals surface area contributed by atoms with Crippen molar-refractivity contribution >= 4 is 22.5 Å². The number of hydrogen-bond acceptors (Lipinski definition) is 3. The molecule has 2 nitrogen and oxygen atoms in total. The van der Waals surface area contributed by atoms with Crippen LogP contribution < -0.4 is 5.32 Å². The molecule has 0 spiro atoms. The summed E-state index contributed by atoms with van der Waals surface area (Å²) < 4.78 is 0. The first-order chi connectivity index (χ1) is 9.88. The Kier molecular flexibility index (Phi) is 4.58. The first kappa shape index (κ1) is 13.9. The van der Waals surface area contributed by atoms with Crippen LogP contribution in [0.5, 0.6) is 0 Å². The molecule has 0 amide bonds. The van der Waals surface area contributed by atoms with Crippen molar-refractivity contribution in [1.82, 2.24) is 10.3 Å². The van der Waals surface area contributed by atoms with Crippen molar-refractivity contribution in [3.8, 4) is 0 Å². The van der Waals surface area contributed by atoms with Crippen LogP contribution in [0.3, 0.4) is 0 Å². The Hall–Kier alpha value is -1.06. The molecule has 0 saturated carbocycles. The van der Waals surface area contributed by atoms with Gasteiger partial charge in [0.2, 0.25) is 0 Å². The second-order valence-corrected chi connectivity index (χ2v) is 6.80. The predicted molar refractivity (Wildman–Crippen MR) is 88.2 cm³/mol. The quantitative estimate of drug-likeness (QED) is 0.918. The fourth-order valence-electron chi connectivity index (χ4n) is 3.17. The Morgan fingerprint density at radius 1 is 1.30 bits per heavy atom. The molecule has 20 heavy (non-hydrogen) atoms. The van der Waals surface area contributed by atoms with E-state index in [1.165, 1.54) is 47.1 Å². The summed E-state index contributed by atoms with van der Waals surface area (Å²) in [5, 5.41) is 6.11. The minimum absolute atomic E-state index is 0.453. The number of aromatic nitrogens is 1. The molecule has 1 aliphatic rings. The van der Waals surface area contributed by atoms with Crippen molar-refractivity contribution in [2.75, 3.05) is 18.6 Å². The van der Waals surface area contributed by atoms with E-state index in [0.29, 0.717) is 6.04 Å². The van der Waals surface area contributed by atoms with Crippen LogP contribution in [0.15, 0.2) is 36.7 Å². The van der Waals surface area contributed by atoms with Crippen LogP contribution in [-0.4, -0.2) is 23.5 Å². The molecule has 1 saturated heterocycles. The zero-order valence-electron chi connectivity index (χ0n) is 12.0. The van der Waals surface area contributed by atoms with E-state index in [0.717, 1.165) is 5.92 Å². The van der Waals surface area contributed by atoms with E-state index in [2.05, 4.69) is 53.4 Å². The van der Waals surface area contributed by atoms with Crippen LogP contribution in [0.1, 0.15) is 30.9 Å². The highest BCUT2D eigenvalue weighted by Gasteiger charge is 2.20. The topological polar surface area (TPSA) is 24.9 Å². The van der Waals surface area contributed by atoms with Gasteiger partial charge >= 0.3 is 0 Å². The lowest BCUT2D eigenvalue weighted by Crippen LogP contribution is -2.22. The third-order valence-corrected chi connectivity index (χ3v) is 5.40. The minimum atomic E-state index is 0.453. The molecule has 106 valence electrons. The van der Waals surface area contributed by atoms with Crippen molar-refractivity contribution in [1.29, 1.82) is 0 Å². The van der Waals surface area contributed by atoms with E-state index in [1.807, 2.05) is 12.4 Å². The Labute approximate surface area is 125 Å². The van der Waals surface area contributed by atoms with Crippen molar-refractivity contribution in [2.24, 2.45) is 5.92 Å². The lowest BCUT2D eigenvalue weighted by molar-refractivity contribution is 0.385.